The molecular formula is C21H23BO6. The number of hydrogen-bond acceptors (Lipinski definition) is 6. The Balaban J connectivity index is 1.45. The molecule has 0 radical (unpaired) electrons. The number of epoxide rings is 1. The first kappa shape index (κ1) is 19.0. The lowest BCUT2D eigenvalue weighted by molar-refractivity contribution is -0.121. The lowest BCUT2D eigenvalue weighted by Gasteiger charge is -2.12. The van der Waals surface area contributed by atoms with E-state index in [2.05, 4.69) is 6.92 Å². The molecule has 146 valence electrons. The summed E-state index contributed by atoms with van der Waals surface area (Å²) in [5, 5.41) is 10.2. The van der Waals surface area contributed by atoms with Gasteiger partial charge in [-0.3, -0.25) is 4.79 Å². The third-order valence-electron chi connectivity index (χ3n) is 4.85. The first-order chi connectivity index (χ1) is 13.6. The van der Waals surface area contributed by atoms with Crippen LogP contribution in [0.1, 0.15) is 37.9 Å². The van der Waals surface area contributed by atoms with Gasteiger partial charge in [0, 0.05) is 12.5 Å². The van der Waals surface area contributed by atoms with Crippen LogP contribution in [0.3, 0.4) is 0 Å². The Hall–Kier alpha value is -2.35. The van der Waals surface area contributed by atoms with E-state index in [1.54, 1.807) is 6.07 Å². The van der Waals surface area contributed by atoms with Gasteiger partial charge in [0.05, 0.1) is 19.3 Å². The molecule has 0 aromatic heterocycles. The van der Waals surface area contributed by atoms with Gasteiger partial charge in [-0.1, -0.05) is 25.5 Å². The Kier molecular flexibility index (Phi) is 5.66. The summed E-state index contributed by atoms with van der Waals surface area (Å²) < 4.78 is 22.2. The van der Waals surface area contributed by atoms with Gasteiger partial charge in [-0.2, -0.15) is 0 Å². The number of rotatable bonds is 9. The molecule has 28 heavy (non-hydrogen) atoms. The summed E-state index contributed by atoms with van der Waals surface area (Å²) in [6.07, 6.45) is 1.53. The van der Waals surface area contributed by atoms with Crippen LogP contribution in [0.2, 0.25) is 0 Å². The van der Waals surface area contributed by atoms with Crippen LogP contribution >= 0.6 is 0 Å². The van der Waals surface area contributed by atoms with Gasteiger partial charge in [0.15, 0.2) is 5.78 Å². The third kappa shape index (κ3) is 4.38. The molecule has 0 amide bonds. The van der Waals surface area contributed by atoms with Gasteiger partial charge < -0.3 is 23.9 Å². The molecule has 0 spiro atoms. The summed E-state index contributed by atoms with van der Waals surface area (Å²) in [5.74, 6) is 2.01. The highest BCUT2D eigenvalue weighted by molar-refractivity contribution is 6.61. The lowest BCUT2D eigenvalue weighted by atomic mass is 9.79. The molecule has 7 heteroatoms. The predicted molar refractivity (Wildman–Crippen MR) is 104 cm³/mol. The molecule has 1 fully saturated rings. The fraction of sp³-hybridized carbons (Fsp3) is 0.381. The molecule has 2 aromatic rings. The van der Waals surface area contributed by atoms with E-state index in [1.807, 2.05) is 36.4 Å². The summed E-state index contributed by atoms with van der Waals surface area (Å²) >= 11 is 0. The minimum absolute atomic E-state index is 0.00487. The molecule has 2 heterocycles. The Morgan fingerprint density at radius 2 is 2.00 bits per heavy atom. The Labute approximate surface area is 164 Å². The first-order valence-corrected chi connectivity index (χ1v) is 9.66. The number of fused-ring (bicyclic) bond motifs is 1. The van der Waals surface area contributed by atoms with Crippen LogP contribution in [0, 0.1) is 0 Å². The van der Waals surface area contributed by atoms with Crippen LogP contribution in [0.4, 0.5) is 0 Å². The minimum atomic E-state index is -1.07. The monoisotopic (exact) mass is 382 g/mol. The van der Waals surface area contributed by atoms with Crippen molar-refractivity contribution in [3.05, 3.63) is 48.0 Å². The molecule has 2 atom stereocenters. The van der Waals surface area contributed by atoms with Crippen molar-refractivity contribution in [1.29, 1.82) is 0 Å². The van der Waals surface area contributed by atoms with Crippen molar-refractivity contribution in [3.63, 3.8) is 0 Å². The molecule has 2 unspecified atom stereocenters. The largest absolute Gasteiger partial charge is 0.493 e. The van der Waals surface area contributed by atoms with E-state index in [-0.39, 0.29) is 18.3 Å². The molecule has 2 aromatic carbocycles. The maximum atomic E-state index is 12.0. The zero-order valence-electron chi connectivity index (χ0n) is 15.8. The van der Waals surface area contributed by atoms with Gasteiger partial charge in [-0.15, -0.1) is 0 Å². The summed E-state index contributed by atoms with van der Waals surface area (Å²) in [7, 11) is -1.07. The zero-order valence-corrected chi connectivity index (χ0v) is 15.8. The van der Waals surface area contributed by atoms with Crippen molar-refractivity contribution in [2.75, 3.05) is 13.2 Å². The number of carbonyl (C=O) groups is 1. The molecular weight excluding hydrogens is 359 g/mol. The average Bonchev–Trinajstić information content (AvgIpc) is 3.49. The highest BCUT2D eigenvalue weighted by Gasteiger charge is 2.39. The molecule has 1 N–H and O–H groups in total. The van der Waals surface area contributed by atoms with Crippen LogP contribution in [-0.4, -0.2) is 37.2 Å². The van der Waals surface area contributed by atoms with Crippen LogP contribution < -0.4 is 14.9 Å². The zero-order chi connectivity index (χ0) is 19.5. The van der Waals surface area contributed by atoms with E-state index >= 15 is 0 Å². The topological polar surface area (TPSA) is 77.5 Å². The van der Waals surface area contributed by atoms with Crippen LogP contribution in [0.15, 0.2) is 42.5 Å². The summed E-state index contributed by atoms with van der Waals surface area (Å²) in [4.78, 5) is 12.0. The molecule has 0 bridgehead atoms. The van der Waals surface area contributed by atoms with Crippen LogP contribution in [0.5, 0.6) is 17.2 Å². The van der Waals surface area contributed by atoms with Crippen molar-refractivity contribution in [1.82, 2.24) is 0 Å². The Morgan fingerprint density at radius 1 is 1.21 bits per heavy atom. The second-order valence-corrected chi connectivity index (χ2v) is 7.04. The smallest absolute Gasteiger partial charge is 0.492 e. The maximum absolute atomic E-state index is 12.0. The average molecular weight is 382 g/mol. The predicted octanol–water partition coefficient (Wildman–Crippen LogP) is 2.77. The summed E-state index contributed by atoms with van der Waals surface area (Å²) in [5.41, 5.74) is 1.44. The first-order valence-electron chi connectivity index (χ1n) is 9.66. The van der Waals surface area contributed by atoms with Crippen molar-refractivity contribution in [2.45, 2.75) is 38.4 Å². The fourth-order valence-corrected chi connectivity index (χ4v) is 3.23. The van der Waals surface area contributed by atoms with Gasteiger partial charge in [-0.05, 0) is 41.7 Å². The summed E-state index contributed by atoms with van der Waals surface area (Å²) in [6.45, 7) is 3.28. The van der Waals surface area contributed by atoms with Gasteiger partial charge in [-0.25, -0.2) is 0 Å². The second kappa shape index (κ2) is 8.35. The minimum Gasteiger partial charge on any atom is -0.493 e. The fourth-order valence-electron chi connectivity index (χ4n) is 3.23. The van der Waals surface area contributed by atoms with Crippen LogP contribution in [0.25, 0.3) is 0 Å². The van der Waals surface area contributed by atoms with E-state index < -0.39 is 13.2 Å². The molecule has 2 aliphatic heterocycles. The van der Waals surface area contributed by atoms with E-state index in [9.17, 15) is 9.82 Å². The van der Waals surface area contributed by atoms with E-state index in [0.717, 1.165) is 24.2 Å². The van der Waals surface area contributed by atoms with Crippen molar-refractivity contribution in [3.8, 4) is 17.2 Å². The molecule has 0 saturated carbocycles. The highest BCUT2D eigenvalue weighted by Crippen LogP contribution is 2.32. The number of unbranched alkanes of at least 4 members (excludes halogenated alkanes) is 1. The number of ether oxygens (including phenoxy) is 3. The van der Waals surface area contributed by atoms with E-state index in [1.165, 1.54) is 0 Å². The SMILES string of the molecule is CCCCOc1cccc(Oc2ccc3c(c2)B(O)OC3CC(=O)C2CO2)c1. The lowest BCUT2D eigenvalue weighted by Crippen LogP contribution is -2.28. The highest BCUT2D eigenvalue weighted by atomic mass is 16.6. The summed E-state index contributed by atoms with van der Waals surface area (Å²) in [6, 6.07) is 12.9. The molecule has 4 rings (SSSR count). The van der Waals surface area contributed by atoms with Gasteiger partial charge >= 0.3 is 7.12 Å². The number of benzene rings is 2. The Bertz CT molecular complexity index is 851. The van der Waals surface area contributed by atoms with Crippen LogP contribution in [-0.2, 0) is 14.2 Å². The van der Waals surface area contributed by atoms with Crippen molar-refractivity contribution in [2.24, 2.45) is 0 Å². The second-order valence-electron chi connectivity index (χ2n) is 7.04. The third-order valence-corrected chi connectivity index (χ3v) is 4.85. The number of hydrogen-bond donors (Lipinski definition) is 1. The molecule has 2 aliphatic rings. The normalized spacial score (nSPS) is 20.0. The standard InChI is InChI=1S/C21H23BO6/c1-2-3-9-25-14-5-4-6-15(10-14)27-16-7-8-17-18(11-16)22(24)28-20(17)12-19(23)21-13-26-21/h4-8,10-11,20-21,24H,2-3,9,12-13H2,1H3. The van der Waals surface area contributed by atoms with E-state index in [4.69, 9.17) is 18.9 Å². The van der Waals surface area contributed by atoms with Crippen molar-refractivity contribution >= 4 is 18.4 Å². The van der Waals surface area contributed by atoms with Crippen molar-refractivity contribution < 1.29 is 28.7 Å². The van der Waals surface area contributed by atoms with Gasteiger partial charge in [0.25, 0.3) is 0 Å². The molecule has 1 saturated heterocycles. The quantitative estimate of drug-likeness (QED) is 0.408. The van der Waals surface area contributed by atoms with Gasteiger partial charge in [0.1, 0.15) is 23.4 Å². The number of Topliss-reactive ketones (excluding diaryl/α,β-unsaturated/α-hetero) is 1. The van der Waals surface area contributed by atoms with Gasteiger partial charge in [0.2, 0.25) is 0 Å². The molecule has 6 nitrogen and oxygen atoms in total. The number of ketones is 1. The Morgan fingerprint density at radius 3 is 2.79 bits per heavy atom. The molecule has 0 aliphatic carbocycles. The van der Waals surface area contributed by atoms with E-state index in [0.29, 0.717) is 30.2 Å². The maximum Gasteiger partial charge on any atom is 0.492 e. The number of carbonyl (C=O) groups excluding carboxylic acids is 1.